The summed E-state index contributed by atoms with van der Waals surface area (Å²) in [6, 6.07) is 7.32. The standard InChI is InChI=1S/C13H14O6S/c1-3-9-19-12(15)13(2,20(16,17)18)11(14)10-7-5-4-6-8-10/h3-8H,1,9H2,2H3,(H,16,17,18). The van der Waals surface area contributed by atoms with Gasteiger partial charge in [0.1, 0.15) is 6.61 Å². The summed E-state index contributed by atoms with van der Waals surface area (Å²) in [7, 11) is -5.00. The Morgan fingerprint density at radius 1 is 1.35 bits per heavy atom. The highest BCUT2D eigenvalue weighted by Gasteiger charge is 2.54. The van der Waals surface area contributed by atoms with Crippen molar-refractivity contribution in [2.45, 2.75) is 11.7 Å². The minimum absolute atomic E-state index is 0.0248. The molecule has 1 aromatic carbocycles. The molecule has 1 unspecified atom stereocenters. The molecule has 0 bridgehead atoms. The molecular weight excluding hydrogens is 284 g/mol. The molecule has 0 aromatic heterocycles. The van der Waals surface area contributed by atoms with Crippen LogP contribution in [0.25, 0.3) is 0 Å². The Morgan fingerprint density at radius 2 is 1.90 bits per heavy atom. The average molecular weight is 298 g/mol. The van der Waals surface area contributed by atoms with Crippen molar-refractivity contribution in [1.82, 2.24) is 0 Å². The lowest BCUT2D eigenvalue weighted by atomic mass is 9.98. The van der Waals surface area contributed by atoms with Crippen LogP contribution >= 0.6 is 0 Å². The van der Waals surface area contributed by atoms with Gasteiger partial charge in [-0.1, -0.05) is 43.0 Å². The average Bonchev–Trinajstić information content (AvgIpc) is 2.42. The first-order valence-corrected chi connectivity index (χ1v) is 7.04. The van der Waals surface area contributed by atoms with E-state index < -0.39 is 26.6 Å². The van der Waals surface area contributed by atoms with E-state index in [1.165, 1.54) is 30.3 Å². The summed E-state index contributed by atoms with van der Waals surface area (Å²) in [6.07, 6.45) is 1.22. The fraction of sp³-hybridized carbons (Fsp3) is 0.231. The van der Waals surface area contributed by atoms with Gasteiger partial charge in [-0.3, -0.25) is 9.35 Å². The summed E-state index contributed by atoms with van der Waals surface area (Å²) in [5.74, 6) is -2.41. The Balaban J connectivity index is 3.30. The topological polar surface area (TPSA) is 97.7 Å². The van der Waals surface area contributed by atoms with Gasteiger partial charge in [0.2, 0.25) is 0 Å². The van der Waals surface area contributed by atoms with Crippen molar-refractivity contribution in [2.24, 2.45) is 0 Å². The highest BCUT2D eigenvalue weighted by Crippen LogP contribution is 2.24. The Kier molecular flexibility index (Phi) is 4.80. The summed E-state index contributed by atoms with van der Waals surface area (Å²) in [6.45, 7) is 3.84. The third-order valence-electron chi connectivity index (χ3n) is 2.71. The van der Waals surface area contributed by atoms with Crippen molar-refractivity contribution in [1.29, 1.82) is 0 Å². The van der Waals surface area contributed by atoms with Gasteiger partial charge >= 0.3 is 5.97 Å². The van der Waals surface area contributed by atoms with Crippen LogP contribution in [0, 0.1) is 0 Å². The molecule has 0 fully saturated rings. The maximum atomic E-state index is 12.3. The van der Waals surface area contributed by atoms with Crippen molar-refractivity contribution in [3.63, 3.8) is 0 Å². The van der Waals surface area contributed by atoms with Gasteiger partial charge in [-0.15, -0.1) is 0 Å². The van der Waals surface area contributed by atoms with E-state index >= 15 is 0 Å². The summed E-state index contributed by atoms with van der Waals surface area (Å²) in [5, 5.41) is 0. The molecule has 0 radical (unpaired) electrons. The largest absolute Gasteiger partial charge is 0.460 e. The molecule has 108 valence electrons. The number of hydrogen-bond donors (Lipinski definition) is 1. The minimum Gasteiger partial charge on any atom is -0.460 e. The maximum Gasteiger partial charge on any atom is 0.338 e. The molecule has 0 spiro atoms. The van der Waals surface area contributed by atoms with Crippen molar-refractivity contribution in [3.8, 4) is 0 Å². The van der Waals surface area contributed by atoms with Crippen LogP contribution in [0.5, 0.6) is 0 Å². The van der Waals surface area contributed by atoms with Gasteiger partial charge in [-0.2, -0.15) is 8.42 Å². The molecule has 0 aliphatic rings. The molecule has 0 saturated carbocycles. The Hall–Kier alpha value is -1.99. The van der Waals surface area contributed by atoms with Gasteiger partial charge in [-0.05, 0) is 6.92 Å². The Labute approximate surface area is 116 Å². The second kappa shape index (κ2) is 5.98. The monoisotopic (exact) mass is 298 g/mol. The number of Topliss-reactive ketones (excluding diaryl/α,β-unsaturated/α-hetero) is 1. The second-order valence-corrected chi connectivity index (χ2v) is 5.86. The van der Waals surface area contributed by atoms with Gasteiger partial charge in [0.05, 0.1) is 0 Å². The first kappa shape index (κ1) is 16.1. The summed E-state index contributed by atoms with van der Waals surface area (Å²) >= 11 is 0. The second-order valence-electron chi connectivity index (χ2n) is 4.09. The van der Waals surface area contributed by atoms with Crippen LogP contribution < -0.4 is 0 Å². The zero-order chi connectivity index (χ0) is 15.4. The minimum atomic E-state index is -5.00. The maximum absolute atomic E-state index is 12.3. The van der Waals surface area contributed by atoms with Crippen LogP contribution in [0.4, 0.5) is 0 Å². The molecule has 0 aliphatic heterocycles. The summed E-state index contributed by atoms with van der Waals surface area (Å²) in [5.41, 5.74) is -0.0248. The molecular formula is C13H14O6S. The van der Waals surface area contributed by atoms with Crippen LogP contribution in [0.15, 0.2) is 43.0 Å². The third kappa shape index (κ3) is 2.94. The Morgan fingerprint density at radius 3 is 2.35 bits per heavy atom. The number of hydrogen-bond acceptors (Lipinski definition) is 5. The van der Waals surface area contributed by atoms with E-state index in [0.29, 0.717) is 0 Å². The number of ketones is 1. The normalized spacial score (nSPS) is 14.1. The lowest BCUT2D eigenvalue weighted by Crippen LogP contribution is -2.51. The van der Waals surface area contributed by atoms with Crippen LogP contribution in [0.2, 0.25) is 0 Å². The van der Waals surface area contributed by atoms with Crippen molar-refractivity contribution >= 4 is 21.9 Å². The first-order valence-electron chi connectivity index (χ1n) is 5.60. The number of benzene rings is 1. The molecule has 1 N–H and O–H groups in total. The molecule has 1 aromatic rings. The quantitative estimate of drug-likeness (QED) is 0.279. The number of carbonyl (C=O) groups excluding carboxylic acids is 2. The molecule has 20 heavy (non-hydrogen) atoms. The van der Waals surface area contributed by atoms with Gasteiger partial charge in [0.25, 0.3) is 14.9 Å². The zero-order valence-electron chi connectivity index (χ0n) is 10.8. The van der Waals surface area contributed by atoms with Crippen LogP contribution in [-0.4, -0.2) is 36.1 Å². The van der Waals surface area contributed by atoms with Crippen molar-refractivity contribution in [3.05, 3.63) is 48.6 Å². The van der Waals surface area contributed by atoms with Gasteiger partial charge in [-0.25, -0.2) is 4.79 Å². The molecule has 0 heterocycles. The fourth-order valence-corrected chi connectivity index (χ4v) is 2.07. The van der Waals surface area contributed by atoms with Gasteiger partial charge in [0.15, 0.2) is 5.78 Å². The van der Waals surface area contributed by atoms with E-state index in [4.69, 9.17) is 0 Å². The van der Waals surface area contributed by atoms with E-state index in [1.54, 1.807) is 6.07 Å². The molecule has 6 nitrogen and oxygen atoms in total. The number of rotatable bonds is 6. The smallest absolute Gasteiger partial charge is 0.338 e. The van der Waals surface area contributed by atoms with Crippen molar-refractivity contribution < 1.29 is 27.3 Å². The van der Waals surface area contributed by atoms with E-state index in [2.05, 4.69) is 11.3 Å². The fourth-order valence-electron chi connectivity index (χ4n) is 1.45. The molecule has 1 rings (SSSR count). The Bertz CT molecular complexity index is 620. The number of ether oxygens (including phenoxy) is 1. The highest BCUT2D eigenvalue weighted by molar-refractivity contribution is 7.89. The van der Waals surface area contributed by atoms with E-state index in [1.807, 2.05) is 0 Å². The zero-order valence-corrected chi connectivity index (χ0v) is 11.6. The highest BCUT2D eigenvalue weighted by atomic mass is 32.2. The molecule has 0 aliphatic carbocycles. The first-order chi connectivity index (χ1) is 9.25. The summed E-state index contributed by atoms with van der Waals surface area (Å²) in [4.78, 5) is 24.1. The van der Waals surface area contributed by atoms with E-state index in [0.717, 1.165) is 6.92 Å². The predicted molar refractivity (Wildman–Crippen MR) is 71.9 cm³/mol. The summed E-state index contributed by atoms with van der Waals surface area (Å²) < 4.78 is 34.1. The lowest BCUT2D eigenvalue weighted by molar-refractivity contribution is -0.143. The number of esters is 1. The van der Waals surface area contributed by atoms with Gasteiger partial charge < -0.3 is 4.74 Å². The molecule has 1 atom stereocenters. The number of carbonyl (C=O) groups is 2. The van der Waals surface area contributed by atoms with Crippen molar-refractivity contribution in [2.75, 3.05) is 6.61 Å². The van der Waals surface area contributed by atoms with E-state index in [-0.39, 0.29) is 12.2 Å². The van der Waals surface area contributed by atoms with Crippen LogP contribution in [0.3, 0.4) is 0 Å². The van der Waals surface area contributed by atoms with Crippen LogP contribution in [0.1, 0.15) is 17.3 Å². The van der Waals surface area contributed by atoms with Crippen LogP contribution in [-0.2, 0) is 19.6 Å². The lowest BCUT2D eigenvalue weighted by Gasteiger charge is -2.22. The third-order valence-corrected chi connectivity index (χ3v) is 4.09. The molecule has 0 saturated heterocycles. The van der Waals surface area contributed by atoms with E-state index in [9.17, 15) is 22.6 Å². The molecule has 0 amide bonds. The van der Waals surface area contributed by atoms with Gasteiger partial charge in [0, 0.05) is 5.56 Å². The predicted octanol–water partition coefficient (Wildman–Crippen LogP) is 1.25. The SMILES string of the molecule is C=CCOC(=O)C(C)(C(=O)c1ccccc1)S(=O)(=O)O. The molecule has 7 heteroatoms.